The van der Waals surface area contributed by atoms with Gasteiger partial charge in [-0.15, -0.1) is 0 Å². The molecule has 0 spiro atoms. The molecule has 3 rings (SSSR count). The second kappa shape index (κ2) is 4.52. The van der Waals surface area contributed by atoms with Crippen LogP contribution in [0, 0.1) is 27.7 Å². The third kappa shape index (κ3) is 1.85. The van der Waals surface area contributed by atoms with Gasteiger partial charge in [0.25, 0.3) is 0 Å². The highest BCUT2D eigenvalue weighted by Gasteiger charge is 2.17. The number of fused-ring (bicyclic) bond motifs is 2. The first-order valence-corrected chi connectivity index (χ1v) is 7.43. The summed E-state index contributed by atoms with van der Waals surface area (Å²) in [5, 5.41) is 0. The molecule has 4 heteroatoms. The number of imidazole rings is 1. The lowest BCUT2D eigenvalue weighted by Crippen LogP contribution is -2.01. The maximum Gasteiger partial charge on any atom is 0.198 e. The van der Waals surface area contributed by atoms with Crippen molar-refractivity contribution < 1.29 is 0 Å². The number of hydrogen-bond donors (Lipinski definition) is 0. The number of nitrogens with zero attached hydrogens (tertiary/aromatic N) is 4. The highest BCUT2D eigenvalue weighted by atomic mass is 15.1. The van der Waals surface area contributed by atoms with Gasteiger partial charge >= 0.3 is 0 Å². The summed E-state index contributed by atoms with van der Waals surface area (Å²) in [4.78, 5) is 14.4. The molecular formula is C17H22N4. The van der Waals surface area contributed by atoms with Crippen molar-refractivity contribution in [1.82, 2.24) is 19.5 Å². The minimum atomic E-state index is 0.361. The van der Waals surface area contributed by atoms with Gasteiger partial charge < -0.3 is 4.57 Å². The summed E-state index contributed by atoms with van der Waals surface area (Å²) in [6, 6.07) is 0. The topological polar surface area (TPSA) is 43.6 Å². The van der Waals surface area contributed by atoms with Crippen LogP contribution in [-0.2, 0) is 7.05 Å². The predicted molar refractivity (Wildman–Crippen MR) is 86.8 cm³/mol. The molecule has 0 aliphatic carbocycles. The Balaban J connectivity index is 2.50. The van der Waals surface area contributed by atoms with E-state index in [1.807, 2.05) is 7.05 Å². The molecule has 0 fully saturated rings. The minimum Gasteiger partial charge on any atom is -0.314 e. The van der Waals surface area contributed by atoms with Gasteiger partial charge in [0.2, 0.25) is 0 Å². The lowest BCUT2D eigenvalue weighted by Gasteiger charge is -2.12. The van der Waals surface area contributed by atoms with Gasteiger partial charge in [0.15, 0.2) is 11.3 Å². The fraction of sp³-hybridized carbons (Fsp3) is 0.471. The predicted octanol–water partition coefficient (Wildman–Crippen LogP) is 3.87. The fourth-order valence-corrected chi connectivity index (χ4v) is 2.97. The SMILES string of the molecule is Cc1c(C)c(C)c2nc3c(nc(C(C)C)n3C)nc2c1C. The Labute approximate surface area is 125 Å². The number of aromatic nitrogens is 4. The molecule has 0 saturated heterocycles. The fourth-order valence-electron chi connectivity index (χ4n) is 2.97. The quantitative estimate of drug-likeness (QED) is 0.680. The van der Waals surface area contributed by atoms with Crippen molar-refractivity contribution in [3.63, 3.8) is 0 Å². The molecule has 21 heavy (non-hydrogen) atoms. The van der Waals surface area contributed by atoms with Gasteiger partial charge in [0, 0.05) is 13.0 Å². The molecule has 1 aromatic carbocycles. The Kier molecular flexibility index (Phi) is 3.01. The second-order valence-corrected chi connectivity index (χ2v) is 6.25. The Hall–Kier alpha value is -1.97. The summed E-state index contributed by atoms with van der Waals surface area (Å²) < 4.78 is 2.07. The zero-order chi connectivity index (χ0) is 15.5. The van der Waals surface area contributed by atoms with Crippen LogP contribution < -0.4 is 0 Å². The first-order chi connectivity index (χ1) is 9.82. The van der Waals surface area contributed by atoms with Crippen molar-refractivity contribution in [1.29, 1.82) is 0 Å². The number of benzene rings is 1. The maximum atomic E-state index is 4.88. The standard InChI is InChI=1S/C17H22N4/c1-8(2)16-20-15-17(21(16)7)19-14-12(6)10(4)9(3)11(5)13(14)18-15/h8H,1-7H3. The lowest BCUT2D eigenvalue weighted by atomic mass is 9.97. The molecule has 0 amide bonds. The van der Waals surface area contributed by atoms with E-state index in [-0.39, 0.29) is 0 Å². The van der Waals surface area contributed by atoms with E-state index in [2.05, 4.69) is 51.1 Å². The normalized spacial score (nSPS) is 12.0. The molecule has 0 N–H and O–H groups in total. The molecule has 3 aromatic rings. The largest absolute Gasteiger partial charge is 0.314 e. The smallest absolute Gasteiger partial charge is 0.198 e. The zero-order valence-corrected chi connectivity index (χ0v) is 13.9. The first-order valence-electron chi connectivity index (χ1n) is 7.43. The second-order valence-electron chi connectivity index (χ2n) is 6.25. The van der Waals surface area contributed by atoms with Crippen LogP contribution in [0.4, 0.5) is 0 Å². The van der Waals surface area contributed by atoms with Crippen LogP contribution in [0.1, 0.15) is 47.8 Å². The maximum absolute atomic E-state index is 4.88. The Bertz CT molecular complexity index is 872. The molecule has 0 aliphatic rings. The van der Waals surface area contributed by atoms with Crippen molar-refractivity contribution in [2.24, 2.45) is 7.05 Å². The molecule has 0 atom stereocenters. The monoisotopic (exact) mass is 282 g/mol. The summed E-state index contributed by atoms with van der Waals surface area (Å²) in [5.74, 6) is 1.39. The van der Waals surface area contributed by atoms with Gasteiger partial charge in [0.1, 0.15) is 5.82 Å². The molecule has 110 valence electrons. The molecule has 2 aromatic heterocycles. The minimum absolute atomic E-state index is 0.361. The van der Waals surface area contributed by atoms with E-state index in [4.69, 9.17) is 9.97 Å². The molecular weight excluding hydrogens is 260 g/mol. The molecule has 0 bridgehead atoms. The van der Waals surface area contributed by atoms with Crippen molar-refractivity contribution in [3.05, 3.63) is 28.1 Å². The van der Waals surface area contributed by atoms with E-state index in [9.17, 15) is 0 Å². The van der Waals surface area contributed by atoms with Crippen molar-refractivity contribution in [2.75, 3.05) is 0 Å². The van der Waals surface area contributed by atoms with Crippen molar-refractivity contribution in [3.8, 4) is 0 Å². The third-order valence-corrected chi connectivity index (χ3v) is 4.66. The highest BCUT2D eigenvalue weighted by Crippen LogP contribution is 2.28. The Morgan fingerprint density at radius 2 is 1.29 bits per heavy atom. The summed E-state index contributed by atoms with van der Waals surface area (Å²) in [5.41, 5.74) is 8.64. The summed E-state index contributed by atoms with van der Waals surface area (Å²) in [6.07, 6.45) is 0. The van der Waals surface area contributed by atoms with Gasteiger partial charge in [0.05, 0.1) is 11.0 Å². The van der Waals surface area contributed by atoms with E-state index >= 15 is 0 Å². The summed E-state index contributed by atoms with van der Waals surface area (Å²) in [6.45, 7) is 12.9. The van der Waals surface area contributed by atoms with E-state index in [0.717, 1.165) is 28.2 Å². The van der Waals surface area contributed by atoms with Crippen molar-refractivity contribution in [2.45, 2.75) is 47.5 Å². The number of aryl methyl sites for hydroxylation is 3. The zero-order valence-electron chi connectivity index (χ0n) is 13.9. The van der Waals surface area contributed by atoms with Gasteiger partial charge in [-0.25, -0.2) is 15.0 Å². The molecule has 0 saturated carbocycles. The van der Waals surface area contributed by atoms with Crippen LogP contribution in [0.5, 0.6) is 0 Å². The summed E-state index contributed by atoms with van der Waals surface area (Å²) >= 11 is 0. The molecule has 0 radical (unpaired) electrons. The van der Waals surface area contributed by atoms with E-state index < -0.39 is 0 Å². The highest BCUT2D eigenvalue weighted by molar-refractivity contribution is 5.89. The van der Waals surface area contributed by atoms with Crippen LogP contribution in [0.25, 0.3) is 22.3 Å². The van der Waals surface area contributed by atoms with Gasteiger partial charge in [-0.1, -0.05) is 13.8 Å². The van der Waals surface area contributed by atoms with Crippen LogP contribution in [0.3, 0.4) is 0 Å². The van der Waals surface area contributed by atoms with Gasteiger partial charge in [-0.05, 0) is 49.9 Å². The summed E-state index contributed by atoms with van der Waals surface area (Å²) in [7, 11) is 2.02. The Morgan fingerprint density at radius 1 is 0.762 bits per heavy atom. The van der Waals surface area contributed by atoms with E-state index in [1.165, 1.54) is 22.3 Å². The van der Waals surface area contributed by atoms with E-state index in [1.54, 1.807) is 0 Å². The van der Waals surface area contributed by atoms with Crippen LogP contribution in [-0.4, -0.2) is 19.5 Å². The average molecular weight is 282 g/mol. The van der Waals surface area contributed by atoms with Crippen LogP contribution in [0.2, 0.25) is 0 Å². The lowest BCUT2D eigenvalue weighted by molar-refractivity contribution is 0.719. The van der Waals surface area contributed by atoms with Crippen LogP contribution in [0.15, 0.2) is 0 Å². The van der Waals surface area contributed by atoms with Crippen LogP contribution >= 0.6 is 0 Å². The average Bonchev–Trinajstić information content (AvgIpc) is 2.78. The van der Waals surface area contributed by atoms with Gasteiger partial charge in [-0.2, -0.15) is 0 Å². The number of hydrogen-bond acceptors (Lipinski definition) is 3. The third-order valence-electron chi connectivity index (χ3n) is 4.66. The number of rotatable bonds is 1. The molecule has 0 unspecified atom stereocenters. The molecule has 2 heterocycles. The van der Waals surface area contributed by atoms with E-state index in [0.29, 0.717) is 5.92 Å². The molecule has 4 nitrogen and oxygen atoms in total. The molecule has 0 aliphatic heterocycles. The van der Waals surface area contributed by atoms with Gasteiger partial charge in [-0.3, -0.25) is 0 Å². The van der Waals surface area contributed by atoms with Crippen molar-refractivity contribution >= 4 is 22.3 Å². The Morgan fingerprint density at radius 3 is 1.81 bits per heavy atom. The first kappa shape index (κ1) is 14.0.